The Kier molecular flexibility index (Phi) is 4.94. The average molecular weight is 363 g/mol. The highest BCUT2D eigenvalue weighted by molar-refractivity contribution is 7.98. The molecule has 0 aromatic rings. The Hall–Kier alpha value is -0.700. The second kappa shape index (κ2) is 6.48. The first-order valence-corrected chi connectivity index (χ1v) is 11.2. The summed E-state index contributed by atoms with van der Waals surface area (Å²) >= 11 is 1.90. The van der Waals surface area contributed by atoms with Crippen molar-refractivity contribution < 1.29 is 9.90 Å². The Bertz CT molecular complexity index is 609. The first-order chi connectivity index (χ1) is 11.7. The monoisotopic (exact) mass is 362 g/mol. The van der Waals surface area contributed by atoms with Gasteiger partial charge in [0.25, 0.3) is 0 Å². The van der Waals surface area contributed by atoms with E-state index in [4.69, 9.17) is 0 Å². The predicted octanol–water partition coefficient (Wildman–Crippen LogP) is 5.94. The number of fused-ring (bicyclic) bond motifs is 3. The van der Waals surface area contributed by atoms with Crippen LogP contribution >= 0.6 is 11.8 Å². The van der Waals surface area contributed by atoms with Crippen LogP contribution in [0.2, 0.25) is 0 Å². The topological polar surface area (TPSA) is 37.3 Å². The van der Waals surface area contributed by atoms with Crippen LogP contribution in [0.3, 0.4) is 0 Å². The number of carboxylic acids is 1. The normalized spacial score (nSPS) is 43.8. The maximum atomic E-state index is 12.2. The van der Waals surface area contributed by atoms with Crippen LogP contribution < -0.4 is 0 Å². The van der Waals surface area contributed by atoms with Crippen molar-refractivity contribution in [2.24, 2.45) is 28.1 Å². The molecular formula is C22H34O2S. The molecule has 5 atom stereocenters. The lowest BCUT2D eigenvalue weighted by Crippen LogP contribution is -2.58. The smallest absolute Gasteiger partial charge is 0.309 e. The van der Waals surface area contributed by atoms with Crippen LogP contribution in [0.25, 0.3) is 0 Å². The molecule has 3 aliphatic carbocycles. The van der Waals surface area contributed by atoms with Crippen molar-refractivity contribution in [2.45, 2.75) is 65.7 Å². The summed E-state index contributed by atoms with van der Waals surface area (Å²) in [5.41, 5.74) is 2.60. The molecule has 2 saturated carbocycles. The number of thioether (sulfide) groups is 1. The lowest BCUT2D eigenvalue weighted by molar-refractivity contribution is -0.171. The van der Waals surface area contributed by atoms with Crippen molar-refractivity contribution in [3.05, 3.63) is 23.8 Å². The molecule has 0 aliphatic heterocycles. The van der Waals surface area contributed by atoms with Gasteiger partial charge < -0.3 is 5.11 Å². The van der Waals surface area contributed by atoms with Gasteiger partial charge in [-0.2, -0.15) is 11.8 Å². The van der Waals surface area contributed by atoms with E-state index in [2.05, 4.69) is 32.8 Å². The highest BCUT2D eigenvalue weighted by Gasteiger charge is 2.62. The van der Waals surface area contributed by atoms with Gasteiger partial charge in [-0.3, -0.25) is 4.79 Å². The minimum Gasteiger partial charge on any atom is -0.481 e. The van der Waals surface area contributed by atoms with E-state index in [1.807, 2.05) is 18.7 Å². The zero-order valence-electron chi connectivity index (χ0n) is 16.4. The van der Waals surface area contributed by atoms with E-state index < -0.39 is 11.4 Å². The first-order valence-electron chi connectivity index (χ1n) is 9.84. The molecule has 3 rings (SSSR count). The number of allylic oxidation sites excluding steroid dienone is 2. The number of carbonyl (C=O) groups is 1. The molecule has 2 fully saturated rings. The second-order valence-electron chi connectivity index (χ2n) is 9.26. The fraction of sp³-hybridized carbons (Fsp3) is 0.773. The zero-order chi connectivity index (χ0) is 18.5. The number of hydrogen-bond acceptors (Lipinski definition) is 2. The second-order valence-corrected chi connectivity index (χ2v) is 10.1. The molecule has 0 amide bonds. The molecule has 0 bridgehead atoms. The summed E-state index contributed by atoms with van der Waals surface area (Å²) in [5, 5.41) is 10.0. The van der Waals surface area contributed by atoms with Gasteiger partial charge in [-0.1, -0.05) is 44.1 Å². The van der Waals surface area contributed by atoms with Crippen LogP contribution in [0.5, 0.6) is 0 Å². The maximum absolute atomic E-state index is 12.2. The van der Waals surface area contributed by atoms with Crippen LogP contribution in [0.15, 0.2) is 23.8 Å². The standard InChI is InChI=1S/C22H34O2S/c1-6-22-11-8-17-20(3,9-7-10-21(17,4)19(23)24)18(22)15(2)12-16(13-22)14-25-5/h13,17-18H,2,6-12,14H2,1,3-5H3,(H,23,24)/t17?,18?,20-,21-,22-/m1/s1. The summed E-state index contributed by atoms with van der Waals surface area (Å²) < 4.78 is 0. The summed E-state index contributed by atoms with van der Waals surface area (Å²) in [4.78, 5) is 12.2. The minimum atomic E-state index is -0.590. The summed E-state index contributed by atoms with van der Waals surface area (Å²) in [6.45, 7) is 11.3. The Morgan fingerprint density at radius 2 is 2.08 bits per heavy atom. The lowest BCUT2D eigenvalue weighted by Gasteiger charge is -2.64. The maximum Gasteiger partial charge on any atom is 0.309 e. The summed E-state index contributed by atoms with van der Waals surface area (Å²) in [6.07, 6.45) is 12.1. The molecule has 3 aliphatic rings. The highest BCUT2D eigenvalue weighted by Crippen LogP contribution is 2.68. The lowest BCUT2D eigenvalue weighted by atomic mass is 9.40. The van der Waals surface area contributed by atoms with Gasteiger partial charge in [-0.15, -0.1) is 0 Å². The third-order valence-electron chi connectivity index (χ3n) is 7.94. The van der Waals surface area contributed by atoms with Crippen LogP contribution in [0.4, 0.5) is 0 Å². The van der Waals surface area contributed by atoms with Gasteiger partial charge in [0.1, 0.15) is 0 Å². The summed E-state index contributed by atoms with van der Waals surface area (Å²) in [5.74, 6) is 1.21. The third-order valence-corrected chi connectivity index (χ3v) is 8.60. The first kappa shape index (κ1) is 19.1. The molecule has 1 N–H and O–H groups in total. The quantitative estimate of drug-likeness (QED) is 0.629. The Labute approximate surface area is 157 Å². The van der Waals surface area contributed by atoms with Gasteiger partial charge in [0.15, 0.2) is 0 Å². The molecule has 25 heavy (non-hydrogen) atoms. The van der Waals surface area contributed by atoms with E-state index in [1.165, 1.54) is 11.1 Å². The van der Waals surface area contributed by atoms with Crippen molar-refractivity contribution in [3.8, 4) is 0 Å². The molecular weight excluding hydrogens is 328 g/mol. The van der Waals surface area contributed by atoms with E-state index in [-0.39, 0.29) is 16.7 Å². The molecule has 2 unspecified atom stereocenters. The van der Waals surface area contributed by atoms with E-state index in [1.54, 1.807) is 0 Å². The van der Waals surface area contributed by atoms with Crippen LogP contribution in [0, 0.1) is 28.1 Å². The number of aliphatic carboxylic acids is 1. The Balaban J connectivity index is 2.07. The van der Waals surface area contributed by atoms with E-state index in [0.29, 0.717) is 5.92 Å². The van der Waals surface area contributed by atoms with E-state index in [9.17, 15) is 9.90 Å². The van der Waals surface area contributed by atoms with Crippen LogP contribution in [-0.2, 0) is 4.79 Å². The molecule has 0 saturated heterocycles. The Morgan fingerprint density at radius 1 is 1.36 bits per heavy atom. The van der Waals surface area contributed by atoms with Gasteiger partial charge in [0.2, 0.25) is 0 Å². The van der Waals surface area contributed by atoms with Crippen molar-refractivity contribution >= 4 is 17.7 Å². The molecule has 0 aromatic heterocycles. The summed E-state index contributed by atoms with van der Waals surface area (Å²) in [6, 6.07) is 0. The fourth-order valence-electron chi connectivity index (χ4n) is 7.02. The summed E-state index contributed by atoms with van der Waals surface area (Å²) in [7, 11) is 0. The van der Waals surface area contributed by atoms with E-state index in [0.717, 1.165) is 50.7 Å². The zero-order valence-corrected chi connectivity index (χ0v) is 17.2. The van der Waals surface area contributed by atoms with Crippen LogP contribution in [-0.4, -0.2) is 23.1 Å². The fourth-order valence-corrected chi connectivity index (χ4v) is 7.57. The van der Waals surface area contributed by atoms with Crippen molar-refractivity contribution in [1.82, 2.24) is 0 Å². The molecule has 140 valence electrons. The number of carboxylic acid groups (broad SMARTS) is 1. The molecule has 0 aromatic carbocycles. The van der Waals surface area contributed by atoms with Crippen molar-refractivity contribution in [2.75, 3.05) is 12.0 Å². The number of rotatable bonds is 4. The molecule has 0 heterocycles. The van der Waals surface area contributed by atoms with Gasteiger partial charge in [0.05, 0.1) is 5.41 Å². The number of hydrogen-bond donors (Lipinski definition) is 1. The van der Waals surface area contributed by atoms with Gasteiger partial charge in [0, 0.05) is 5.75 Å². The van der Waals surface area contributed by atoms with Gasteiger partial charge in [-0.25, -0.2) is 0 Å². The minimum absolute atomic E-state index is 0.0676. The van der Waals surface area contributed by atoms with Crippen LogP contribution in [0.1, 0.15) is 65.7 Å². The predicted molar refractivity (Wildman–Crippen MR) is 107 cm³/mol. The SMILES string of the molecule is C=C1CC(CSC)=C[C@@]2(CC)CCC3[C@@](C)(CCC[C@@]3(C)C(=O)O)C12. The average Bonchev–Trinajstić information content (AvgIpc) is 2.54. The van der Waals surface area contributed by atoms with Crippen molar-refractivity contribution in [3.63, 3.8) is 0 Å². The Morgan fingerprint density at radius 3 is 2.68 bits per heavy atom. The molecule has 2 nitrogen and oxygen atoms in total. The van der Waals surface area contributed by atoms with E-state index >= 15 is 0 Å². The van der Waals surface area contributed by atoms with Gasteiger partial charge >= 0.3 is 5.97 Å². The largest absolute Gasteiger partial charge is 0.481 e. The highest BCUT2D eigenvalue weighted by atomic mass is 32.2. The van der Waals surface area contributed by atoms with Crippen molar-refractivity contribution in [1.29, 1.82) is 0 Å². The van der Waals surface area contributed by atoms with Gasteiger partial charge in [-0.05, 0) is 74.4 Å². The molecule has 3 heteroatoms. The molecule has 0 radical (unpaired) electrons. The third kappa shape index (κ3) is 2.72. The molecule has 0 spiro atoms.